The Balaban J connectivity index is 1.83. The highest BCUT2D eigenvalue weighted by Crippen LogP contribution is 2.17. The molecule has 0 fully saturated rings. The molecule has 3 rings (SSSR count). The number of rotatable bonds is 4. The first-order valence-corrected chi connectivity index (χ1v) is 6.96. The Morgan fingerprint density at radius 1 is 1.09 bits per heavy atom. The van der Waals surface area contributed by atoms with Gasteiger partial charge < -0.3 is 4.74 Å². The standard InChI is InChI=1S/C19H15NO2/c1-22-18-4-2-3-16(12-18)19(21)8-6-14-5-7-17-13-20-10-9-15(17)11-14/h2-13H,1H3/b8-6+. The van der Waals surface area contributed by atoms with E-state index in [2.05, 4.69) is 4.98 Å². The van der Waals surface area contributed by atoms with Crippen LogP contribution in [0.15, 0.2) is 67.0 Å². The highest BCUT2D eigenvalue weighted by Gasteiger charge is 2.03. The Labute approximate surface area is 128 Å². The lowest BCUT2D eigenvalue weighted by atomic mass is 10.1. The van der Waals surface area contributed by atoms with E-state index in [1.165, 1.54) is 0 Å². The topological polar surface area (TPSA) is 39.2 Å². The summed E-state index contributed by atoms with van der Waals surface area (Å²) in [5, 5.41) is 2.18. The molecule has 2 aromatic carbocycles. The molecule has 3 nitrogen and oxygen atoms in total. The van der Waals surface area contributed by atoms with Crippen LogP contribution in [0.1, 0.15) is 15.9 Å². The summed E-state index contributed by atoms with van der Waals surface area (Å²) in [7, 11) is 1.59. The molecule has 0 saturated carbocycles. The monoisotopic (exact) mass is 289 g/mol. The van der Waals surface area contributed by atoms with Crippen molar-refractivity contribution in [1.82, 2.24) is 4.98 Å². The molecule has 0 bridgehead atoms. The Hall–Kier alpha value is -2.94. The third-order valence-corrected chi connectivity index (χ3v) is 3.45. The number of aromatic nitrogens is 1. The summed E-state index contributed by atoms with van der Waals surface area (Å²) in [6.45, 7) is 0. The van der Waals surface area contributed by atoms with Gasteiger partial charge >= 0.3 is 0 Å². The number of carbonyl (C=O) groups excluding carboxylic acids is 1. The molecule has 1 heterocycles. The van der Waals surface area contributed by atoms with E-state index in [4.69, 9.17) is 4.74 Å². The van der Waals surface area contributed by atoms with Crippen molar-refractivity contribution in [1.29, 1.82) is 0 Å². The van der Waals surface area contributed by atoms with Gasteiger partial charge in [-0.15, -0.1) is 0 Å². The lowest BCUT2D eigenvalue weighted by molar-refractivity contribution is 0.104. The average Bonchev–Trinajstić information content (AvgIpc) is 2.59. The van der Waals surface area contributed by atoms with Gasteiger partial charge in [0.1, 0.15) is 5.75 Å². The summed E-state index contributed by atoms with van der Waals surface area (Å²) in [5.74, 6) is 0.631. The van der Waals surface area contributed by atoms with Gasteiger partial charge in [-0.3, -0.25) is 9.78 Å². The van der Waals surface area contributed by atoms with Crippen LogP contribution in [0.25, 0.3) is 16.8 Å². The molecule has 0 spiro atoms. The summed E-state index contributed by atoms with van der Waals surface area (Å²) in [6, 6.07) is 15.1. The van der Waals surface area contributed by atoms with Gasteiger partial charge in [-0.2, -0.15) is 0 Å². The predicted octanol–water partition coefficient (Wildman–Crippen LogP) is 4.14. The number of methoxy groups -OCH3 is 1. The first-order valence-electron chi connectivity index (χ1n) is 6.96. The van der Waals surface area contributed by atoms with Crippen LogP contribution in [-0.2, 0) is 0 Å². The maximum atomic E-state index is 12.2. The number of fused-ring (bicyclic) bond motifs is 1. The number of allylic oxidation sites excluding steroid dienone is 1. The maximum absolute atomic E-state index is 12.2. The largest absolute Gasteiger partial charge is 0.497 e. The number of hydrogen-bond donors (Lipinski definition) is 0. The van der Waals surface area contributed by atoms with E-state index in [0.717, 1.165) is 16.3 Å². The zero-order valence-corrected chi connectivity index (χ0v) is 12.2. The van der Waals surface area contributed by atoms with Gasteiger partial charge in [0.05, 0.1) is 7.11 Å². The summed E-state index contributed by atoms with van der Waals surface area (Å²) < 4.78 is 5.13. The molecule has 0 amide bonds. The van der Waals surface area contributed by atoms with Crippen LogP contribution in [0, 0.1) is 0 Å². The van der Waals surface area contributed by atoms with Crippen LogP contribution in [-0.4, -0.2) is 17.9 Å². The molecule has 0 atom stereocenters. The van der Waals surface area contributed by atoms with Gasteiger partial charge in [0.25, 0.3) is 0 Å². The van der Waals surface area contributed by atoms with E-state index in [1.54, 1.807) is 31.5 Å². The second-order valence-electron chi connectivity index (χ2n) is 4.91. The van der Waals surface area contributed by atoms with Crippen molar-refractivity contribution < 1.29 is 9.53 Å². The first-order chi connectivity index (χ1) is 10.8. The van der Waals surface area contributed by atoms with Crippen molar-refractivity contribution in [2.45, 2.75) is 0 Å². The van der Waals surface area contributed by atoms with Gasteiger partial charge in [0.15, 0.2) is 5.78 Å². The van der Waals surface area contributed by atoms with Crippen LogP contribution in [0.3, 0.4) is 0 Å². The smallest absolute Gasteiger partial charge is 0.185 e. The quantitative estimate of drug-likeness (QED) is 0.535. The van der Waals surface area contributed by atoms with E-state index in [1.807, 2.05) is 48.7 Å². The Bertz CT molecular complexity index is 853. The van der Waals surface area contributed by atoms with Gasteiger partial charge in [-0.25, -0.2) is 0 Å². The number of carbonyl (C=O) groups is 1. The van der Waals surface area contributed by atoms with Crippen molar-refractivity contribution in [2.75, 3.05) is 7.11 Å². The van der Waals surface area contributed by atoms with Crippen molar-refractivity contribution in [3.8, 4) is 5.75 Å². The number of ketones is 1. The fraction of sp³-hybridized carbons (Fsp3) is 0.0526. The summed E-state index contributed by atoms with van der Waals surface area (Å²) >= 11 is 0. The van der Waals surface area contributed by atoms with Crippen LogP contribution >= 0.6 is 0 Å². The van der Waals surface area contributed by atoms with Crippen LogP contribution in [0.2, 0.25) is 0 Å². The number of benzene rings is 2. The summed E-state index contributed by atoms with van der Waals surface area (Å²) in [5.41, 5.74) is 1.59. The predicted molar refractivity (Wildman–Crippen MR) is 88.1 cm³/mol. The van der Waals surface area contributed by atoms with Crippen molar-refractivity contribution in [2.24, 2.45) is 0 Å². The Kier molecular flexibility index (Phi) is 3.97. The third kappa shape index (κ3) is 3.04. The van der Waals surface area contributed by atoms with Crippen LogP contribution < -0.4 is 4.74 Å². The number of nitrogens with zero attached hydrogens (tertiary/aromatic N) is 1. The fourth-order valence-corrected chi connectivity index (χ4v) is 2.25. The van der Waals surface area contributed by atoms with E-state index < -0.39 is 0 Å². The number of hydrogen-bond acceptors (Lipinski definition) is 3. The van der Waals surface area contributed by atoms with Crippen molar-refractivity contribution in [3.05, 3.63) is 78.1 Å². The highest BCUT2D eigenvalue weighted by molar-refractivity contribution is 6.07. The molecular formula is C19H15NO2. The second kappa shape index (κ2) is 6.22. The minimum Gasteiger partial charge on any atom is -0.497 e. The minimum atomic E-state index is -0.0475. The van der Waals surface area contributed by atoms with E-state index >= 15 is 0 Å². The molecule has 0 aliphatic rings. The maximum Gasteiger partial charge on any atom is 0.185 e. The van der Waals surface area contributed by atoms with Gasteiger partial charge in [0.2, 0.25) is 0 Å². The SMILES string of the molecule is COc1cccc(C(=O)/C=C/c2ccc3cnccc3c2)c1. The zero-order chi connectivity index (χ0) is 15.4. The van der Waals surface area contributed by atoms with Gasteiger partial charge in [-0.05, 0) is 41.3 Å². The highest BCUT2D eigenvalue weighted by atomic mass is 16.5. The van der Waals surface area contributed by atoms with E-state index in [-0.39, 0.29) is 5.78 Å². The molecular weight excluding hydrogens is 274 g/mol. The molecule has 0 unspecified atom stereocenters. The molecule has 0 N–H and O–H groups in total. The number of pyridine rings is 1. The molecule has 0 aliphatic carbocycles. The lowest BCUT2D eigenvalue weighted by Gasteiger charge is -2.01. The number of ether oxygens (including phenoxy) is 1. The normalized spacial score (nSPS) is 11.0. The van der Waals surface area contributed by atoms with Crippen LogP contribution in [0.5, 0.6) is 5.75 Å². The van der Waals surface area contributed by atoms with E-state index in [9.17, 15) is 4.79 Å². The molecule has 22 heavy (non-hydrogen) atoms. The third-order valence-electron chi connectivity index (χ3n) is 3.45. The first kappa shape index (κ1) is 14.0. The molecule has 3 aromatic rings. The summed E-state index contributed by atoms with van der Waals surface area (Å²) in [4.78, 5) is 16.3. The molecule has 1 aromatic heterocycles. The Morgan fingerprint density at radius 3 is 2.86 bits per heavy atom. The average molecular weight is 289 g/mol. The Morgan fingerprint density at radius 2 is 2.00 bits per heavy atom. The molecule has 0 radical (unpaired) electrons. The molecule has 0 saturated heterocycles. The van der Waals surface area contributed by atoms with E-state index in [0.29, 0.717) is 11.3 Å². The fourth-order valence-electron chi connectivity index (χ4n) is 2.25. The molecule has 3 heteroatoms. The van der Waals surface area contributed by atoms with Crippen molar-refractivity contribution in [3.63, 3.8) is 0 Å². The lowest BCUT2D eigenvalue weighted by Crippen LogP contribution is -1.94. The zero-order valence-electron chi connectivity index (χ0n) is 12.2. The summed E-state index contributed by atoms with van der Waals surface area (Å²) in [6.07, 6.45) is 6.99. The van der Waals surface area contributed by atoms with Gasteiger partial charge in [0, 0.05) is 23.3 Å². The van der Waals surface area contributed by atoms with Gasteiger partial charge in [-0.1, -0.05) is 30.3 Å². The molecule has 0 aliphatic heterocycles. The second-order valence-corrected chi connectivity index (χ2v) is 4.91. The van der Waals surface area contributed by atoms with Crippen LogP contribution in [0.4, 0.5) is 0 Å². The van der Waals surface area contributed by atoms with Crippen molar-refractivity contribution >= 4 is 22.6 Å². The molecule has 108 valence electrons. The minimum absolute atomic E-state index is 0.0475.